The van der Waals surface area contributed by atoms with Crippen LogP contribution in [0.2, 0.25) is 0 Å². The Morgan fingerprint density at radius 3 is 2.88 bits per heavy atom. The second-order valence-electron chi connectivity index (χ2n) is 6.18. The molecule has 0 spiro atoms. The molecule has 3 aromatic rings. The summed E-state index contributed by atoms with van der Waals surface area (Å²) < 4.78 is 1.29. The number of aromatic nitrogens is 2. The number of fused-ring (bicyclic) bond motifs is 2. The van der Waals surface area contributed by atoms with Crippen molar-refractivity contribution in [3.8, 4) is 0 Å². The van der Waals surface area contributed by atoms with Crippen LogP contribution in [0.3, 0.4) is 0 Å². The molecule has 0 radical (unpaired) electrons. The van der Waals surface area contributed by atoms with Crippen molar-refractivity contribution in [1.29, 1.82) is 0 Å². The Labute approximate surface area is 153 Å². The predicted molar refractivity (Wildman–Crippen MR) is 103 cm³/mol. The van der Waals surface area contributed by atoms with Crippen molar-refractivity contribution >= 4 is 40.4 Å². The first-order valence-electron chi connectivity index (χ1n) is 8.30. The Bertz CT molecular complexity index is 1050. The largest absolute Gasteiger partial charge is 0.330 e. The third-order valence-corrected chi connectivity index (χ3v) is 6.01. The number of hydrogen-bond donors (Lipinski definition) is 2. The van der Waals surface area contributed by atoms with E-state index in [2.05, 4.69) is 10.4 Å². The first-order chi connectivity index (χ1) is 12.1. The van der Waals surface area contributed by atoms with Gasteiger partial charge >= 0.3 is 0 Å². The van der Waals surface area contributed by atoms with E-state index in [1.165, 1.54) is 41.0 Å². The fourth-order valence-electron chi connectivity index (χ4n) is 3.20. The molecule has 1 aliphatic rings. The van der Waals surface area contributed by atoms with Crippen LogP contribution in [0.4, 0.5) is 0 Å². The summed E-state index contributed by atoms with van der Waals surface area (Å²) in [4.78, 5) is 30.2. The fraction of sp³-hybridized carbons (Fsp3) is 0.278. The molecule has 0 fully saturated rings. The minimum absolute atomic E-state index is 0.176. The number of rotatable bonds is 2. The molecule has 2 N–H and O–H groups in total. The van der Waals surface area contributed by atoms with Gasteiger partial charge < -0.3 is 4.98 Å². The van der Waals surface area contributed by atoms with E-state index in [0.29, 0.717) is 15.8 Å². The van der Waals surface area contributed by atoms with Gasteiger partial charge in [0.15, 0.2) is 4.77 Å². The van der Waals surface area contributed by atoms with Crippen LogP contribution in [0.1, 0.15) is 39.4 Å². The van der Waals surface area contributed by atoms with E-state index in [1.54, 1.807) is 18.2 Å². The number of carbonyl (C=O) groups excluding carboxylic acids is 1. The lowest BCUT2D eigenvalue weighted by Gasteiger charge is -2.08. The van der Waals surface area contributed by atoms with Crippen LogP contribution in [0.15, 0.2) is 35.1 Å². The Morgan fingerprint density at radius 1 is 1.20 bits per heavy atom. The van der Waals surface area contributed by atoms with Gasteiger partial charge in [0.05, 0.1) is 15.8 Å². The highest BCUT2D eigenvalue weighted by Gasteiger charge is 2.17. The van der Waals surface area contributed by atoms with E-state index in [1.807, 2.05) is 12.1 Å². The van der Waals surface area contributed by atoms with Gasteiger partial charge in [-0.1, -0.05) is 18.6 Å². The van der Waals surface area contributed by atoms with Crippen LogP contribution in [-0.2, 0) is 12.8 Å². The summed E-state index contributed by atoms with van der Waals surface area (Å²) in [7, 11) is 0. The zero-order valence-corrected chi connectivity index (χ0v) is 15.1. The Kier molecular flexibility index (Phi) is 4.27. The highest BCUT2D eigenvalue weighted by molar-refractivity contribution is 7.71. The van der Waals surface area contributed by atoms with Gasteiger partial charge in [0, 0.05) is 4.88 Å². The van der Waals surface area contributed by atoms with Crippen molar-refractivity contribution in [3.05, 3.63) is 60.8 Å². The van der Waals surface area contributed by atoms with Crippen LogP contribution in [0.25, 0.3) is 10.9 Å². The predicted octanol–water partition coefficient (Wildman–Crippen LogP) is 3.77. The van der Waals surface area contributed by atoms with Crippen molar-refractivity contribution in [2.45, 2.75) is 32.1 Å². The number of benzene rings is 1. The highest BCUT2D eigenvalue weighted by Crippen LogP contribution is 2.29. The summed E-state index contributed by atoms with van der Waals surface area (Å²) in [6.45, 7) is 0. The van der Waals surface area contributed by atoms with E-state index in [0.717, 1.165) is 17.5 Å². The third-order valence-electron chi connectivity index (χ3n) is 4.49. The van der Waals surface area contributed by atoms with Gasteiger partial charge in [-0.05, 0) is 61.7 Å². The number of H-pyrrole nitrogens is 1. The number of aryl methyl sites for hydroxylation is 2. The van der Waals surface area contributed by atoms with E-state index >= 15 is 0 Å². The molecule has 5 nitrogen and oxygen atoms in total. The van der Waals surface area contributed by atoms with Crippen LogP contribution in [0.5, 0.6) is 0 Å². The van der Waals surface area contributed by atoms with Gasteiger partial charge in [0.1, 0.15) is 0 Å². The molecule has 0 bridgehead atoms. The van der Waals surface area contributed by atoms with E-state index in [4.69, 9.17) is 12.2 Å². The average molecular weight is 371 g/mol. The molecule has 0 unspecified atom stereocenters. The molecule has 2 aromatic heterocycles. The lowest BCUT2D eigenvalue weighted by atomic mass is 10.1. The Hall–Kier alpha value is -2.25. The van der Waals surface area contributed by atoms with Gasteiger partial charge in [-0.15, -0.1) is 11.3 Å². The maximum absolute atomic E-state index is 12.6. The lowest BCUT2D eigenvalue weighted by Crippen LogP contribution is -2.34. The number of carbonyl (C=O) groups is 1. The summed E-state index contributed by atoms with van der Waals surface area (Å²) >= 11 is 6.76. The minimum atomic E-state index is -0.328. The van der Waals surface area contributed by atoms with Crippen LogP contribution >= 0.6 is 23.6 Å². The topological polar surface area (TPSA) is 66.9 Å². The molecule has 0 saturated carbocycles. The van der Waals surface area contributed by atoms with E-state index in [9.17, 15) is 9.59 Å². The quantitative estimate of drug-likeness (QED) is 0.532. The molecule has 128 valence electrons. The number of thiophene rings is 1. The number of hydrogen-bond acceptors (Lipinski definition) is 4. The van der Waals surface area contributed by atoms with Gasteiger partial charge in [0.2, 0.25) is 0 Å². The molecular weight excluding hydrogens is 354 g/mol. The molecular formula is C18H17N3O2S2. The smallest absolute Gasteiger partial charge is 0.281 e. The second-order valence-corrected chi connectivity index (χ2v) is 7.70. The molecule has 0 saturated heterocycles. The van der Waals surface area contributed by atoms with E-state index < -0.39 is 0 Å². The number of nitrogens with one attached hydrogen (secondary N) is 2. The molecule has 7 heteroatoms. The minimum Gasteiger partial charge on any atom is -0.330 e. The number of aromatic amines is 1. The molecule has 1 amide bonds. The summed E-state index contributed by atoms with van der Waals surface area (Å²) in [6.07, 6.45) is 5.63. The van der Waals surface area contributed by atoms with E-state index in [-0.39, 0.29) is 16.2 Å². The van der Waals surface area contributed by atoms with Crippen molar-refractivity contribution in [2.24, 2.45) is 0 Å². The number of amides is 1. The molecule has 1 aromatic carbocycles. The summed E-state index contributed by atoms with van der Waals surface area (Å²) in [5, 5.41) is 0.485. The van der Waals surface area contributed by atoms with Crippen molar-refractivity contribution in [1.82, 2.24) is 9.66 Å². The van der Waals surface area contributed by atoms with Gasteiger partial charge in [-0.2, -0.15) is 4.68 Å². The molecule has 4 rings (SSSR count). The van der Waals surface area contributed by atoms with Crippen molar-refractivity contribution < 1.29 is 4.79 Å². The maximum Gasteiger partial charge on any atom is 0.281 e. The van der Waals surface area contributed by atoms with Crippen molar-refractivity contribution in [2.75, 3.05) is 5.43 Å². The summed E-state index contributed by atoms with van der Waals surface area (Å²) in [6, 6.07) is 9.06. The SMILES string of the molecule is O=C(Nn1c(=S)[nH]c2ccccc2c1=O)c1cc2c(s1)CCCCC2. The van der Waals surface area contributed by atoms with Gasteiger partial charge in [-0.3, -0.25) is 15.0 Å². The first-order valence-corrected chi connectivity index (χ1v) is 9.53. The highest BCUT2D eigenvalue weighted by atomic mass is 32.1. The zero-order chi connectivity index (χ0) is 17.4. The number of nitrogens with zero attached hydrogens (tertiary/aromatic N) is 1. The number of para-hydroxylation sites is 1. The molecule has 25 heavy (non-hydrogen) atoms. The molecule has 2 heterocycles. The standard InChI is InChI=1S/C18H17N3O2S2/c22-16(15-10-11-6-2-1-3-9-14(11)25-15)20-21-17(23)12-7-4-5-8-13(12)19-18(21)24/h4-5,7-8,10H,1-3,6,9H2,(H,19,24)(H,20,22). The average Bonchev–Trinajstić information content (AvgIpc) is 2.89. The van der Waals surface area contributed by atoms with Crippen molar-refractivity contribution in [3.63, 3.8) is 0 Å². The molecule has 0 atom stereocenters. The summed E-state index contributed by atoms with van der Waals surface area (Å²) in [5.74, 6) is -0.296. The Balaban J connectivity index is 1.69. The fourth-order valence-corrected chi connectivity index (χ4v) is 4.58. The normalized spacial score (nSPS) is 14.1. The Morgan fingerprint density at radius 2 is 2.00 bits per heavy atom. The second kappa shape index (κ2) is 6.57. The van der Waals surface area contributed by atoms with Gasteiger partial charge in [-0.25, -0.2) is 0 Å². The monoisotopic (exact) mass is 371 g/mol. The van der Waals surface area contributed by atoms with Crippen LogP contribution in [-0.4, -0.2) is 15.6 Å². The van der Waals surface area contributed by atoms with Crippen LogP contribution in [0, 0.1) is 4.77 Å². The summed E-state index contributed by atoms with van der Waals surface area (Å²) in [5.41, 5.74) is 4.25. The van der Waals surface area contributed by atoms with Gasteiger partial charge in [0.25, 0.3) is 11.5 Å². The first kappa shape index (κ1) is 16.2. The molecule has 1 aliphatic carbocycles. The van der Waals surface area contributed by atoms with Crippen LogP contribution < -0.4 is 11.0 Å². The zero-order valence-electron chi connectivity index (χ0n) is 13.5. The molecule has 0 aliphatic heterocycles. The third kappa shape index (κ3) is 3.05. The maximum atomic E-state index is 12.6. The lowest BCUT2D eigenvalue weighted by molar-refractivity contribution is 0.101.